The van der Waals surface area contributed by atoms with E-state index >= 15 is 0 Å². The average molecular weight is 338 g/mol. The Labute approximate surface area is 147 Å². The van der Waals surface area contributed by atoms with Crippen molar-refractivity contribution in [3.8, 4) is 17.2 Å². The van der Waals surface area contributed by atoms with Crippen LogP contribution in [0.2, 0.25) is 0 Å². The van der Waals surface area contributed by atoms with Crippen LogP contribution in [0.25, 0.3) is 11.3 Å². The smallest absolute Gasteiger partial charge is 0.213 e. The molecule has 0 amide bonds. The SMILES string of the molecule is C[C@@H](O)c1ccc(-c2ccc(CNCCOc3ccccn3)o2)cc1. The minimum absolute atomic E-state index is 0.460. The zero-order valence-corrected chi connectivity index (χ0v) is 14.2. The van der Waals surface area contributed by atoms with Gasteiger partial charge in [0.15, 0.2) is 0 Å². The maximum atomic E-state index is 9.56. The molecular formula is C20H22N2O3. The summed E-state index contributed by atoms with van der Waals surface area (Å²) < 4.78 is 11.4. The van der Waals surface area contributed by atoms with E-state index in [0.717, 1.165) is 22.6 Å². The Bertz CT molecular complexity index is 767. The van der Waals surface area contributed by atoms with Gasteiger partial charge in [-0.3, -0.25) is 0 Å². The van der Waals surface area contributed by atoms with Gasteiger partial charge in [0.05, 0.1) is 12.6 Å². The second-order valence-corrected chi connectivity index (χ2v) is 5.76. The van der Waals surface area contributed by atoms with E-state index in [2.05, 4.69) is 10.3 Å². The number of rotatable bonds is 8. The number of furan rings is 1. The molecule has 1 atom stereocenters. The van der Waals surface area contributed by atoms with Crippen molar-refractivity contribution >= 4 is 0 Å². The summed E-state index contributed by atoms with van der Waals surface area (Å²) in [5.41, 5.74) is 1.89. The lowest BCUT2D eigenvalue weighted by atomic mass is 10.1. The fraction of sp³-hybridized carbons (Fsp3) is 0.250. The Morgan fingerprint density at radius 3 is 2.68 bits per heavy atom. The van der Waals surface area contributed by atoms with E-state index < -0.39 is 6.10 Å². The second-order valence-electron chi connectivity index (χ2n) is 5.76. The Balaban J connectivity index is 1.45. The summed E-state index contributed by atoms with van der Waals surface area (Å²) in [6.45, 7) is 3.64. The summed E-state index contributed by atoms with van der Waals surface area (Å²) in [6, 6.07) is 17.2. The number of nitrogens with one attached hydrogen (secondary N) is 1. The Morgan fingerprint density at radius 2 is 1.96 bits per heavy atom. The normalized spacial score (nSPS) is 12.1. The van der Waals surface area contributed by atoms with E-state index in [1.807, 2.05) is 54.6 Å². The number of nitrogens with zero attached hydrogens (tertiary/aromatic N) is 1. The van der Waals surface area contributed by atoms with E-state index in [4.69, 9.17) is 9.15 Å². The van der Waals surface area contributed by atoms with E-state index in [1.54, 1.807) is 13.1 Å². The minimum Gasteiger partial charge on any atom is -0.476 e. The van der Waals surface area contributed by atoms with Crippen LogP contribution in [0.15, 0.2) is 65.2 Å². The molecule has 3 rings (SSSR count). The molecule has 0 saturated heterocycles. The first-order chi connectivity index (χ1) is 12.2. The molecule has 25 heavy (non-hydrogen) atoms. The van der Waals surface area contributed by atoms with Crippen LogP contribution in [0.5, 0.6) is 5.88 Å². The lowest BCUT2D eigenvalue weighted by molar-refractivity contribution is 0.199. The Morgan fingerprint density at radius 1 is 1.12 bits per heavy atom. The predicted molar refractivity (Wildman–Crippen MR) is 96.2 cm³/mol. The van der Waals surface area contributed by atoms with Gasteiger partial charge in [-0.2, -0.15) is 0 Å². The van der Waals surface area contributed by atoms with Gasteiger partial charge < -0.3 is 19.6 Å². The van der Waals surface area contributed by atoms with Crippen molar-refractivity contribution in [2.24, 2.45) is 0 Å². The van der Waals surface area contributed by atoms with Crippen molar-refractivity contribution in [2.45, 2.75) is 19.6 Å². The van der Waals surface area contributed by atoms with Crippen LogP contribution in [0.1, 0.15) is 24.4 Å². The number of ether oxygens (including phenoxy) is 1. The van der Waals surface area contributed by atoms with E-state index in [0.29, 0.717) is 25.6 Å². The zero-order chi connectivity index (χ0) is 17.5. The quantitative estimate of drug-likeness (QED) is 0.615. The van der Waals surface area contributed by atoms with Crippen molar-refractivity contribution < 1.29 is 14.3 Å². The molecule has 5 heteroatoms. The number of benzene rings is 1. The lowest BCUT2D eigenvalue weighted by Gasteiger charge is -2.06. The third-order valence-electron chi connectivity index (χ3n) is 3.81. The van der Waals surface area contributed by atoms with Gasteiger partial charge in [-0.05, 0) is 30.7 Å². The van der Waals surface area contributed by atoms with Gasteiger partial charge in [-0.15, -0.1) is 0 Å². The van der Waals surface area contributed by atoms with E-state index in [9.17, 15) is 5.11 Å². The molecule has 0 fully saturated rings. The molecule has 2 heterocycles. The number of aliphatic hydroxyl groups excluding tert-OH is 1. The third kappa shape index (κ3) is 4.92. The molecule has 2 N–H and O–H groups in total. The van der Waals surface area contributed by atoms with Crippen LogP contribution in [-0.4, -0.2) is 23.2 Å². The highest BCUT2D eigenvalue weighted by Gasteiger charge is 2.06. The fourth-order valence-corrected chi connectivity index (χ4v) is 2.43. The van der Waals surface area contributed by atoms with Crippen LogP contribution in [0.4, 0.5) is 0 Å². The number of hydrogen-bond donors (Lipinski definition) is 2. The maximum absolute atomic E-state index is 9.56. The van der Waals surface area contributed by atoms with Crippen molar-refractivity contribution in [2.75, 3.05) is 13.2 Å². The van der Waals surface area contributed by atoms with E-state index in [-0.39, 0.29) is 0 Å². The zero-order valence-electron chi connectivity index (χ0n) is 14.2. The summed E-state index contributed by atoms with van der Waals surface area (Å²) >= 11 is 0. The highest BCUT2D eigenvalue weighted by molar-refractivity contribution is 5.58. The van der Waals surface area contributed by atoms with Gasteiger partial charge in [0, 0.05) is 24.4 Å². The van der Waals surface area contributed by atoms with Gasteiger partial charge in [0.1, 0.15) is 18.1 Å². The molecule has 5 nitrogen and oxygen atoms in total. The van der Waals surface area contributed by atoms with Gasteiger partial charge >= 0.3 is 0 Å². The first kappa shape index (κ1) is 17.2. The monoisotopic (exact) mass is 338 g/mol. The molecule has 130 valence electrons. The van der Waals surface area contributed by atoms with Crippen molar-refractivity contribution in [1.29, 1.82) is 0 Å². The molecule has 2 aromatic heterocycles. The standard InChI is InChI=1S/C20H22N2O3/c1-15(23)16-5-7-17(8-6-16)19-10-9-18(25-19)14-21-12-13-24-20-4-2-3-11-22-20/h2-11,15,21,23H,12-14H2,1H3/t15-/m1/s1. The molecule has 0 spiro atoms. The topological polar surface area (TPSA) is 67.5 Å². The maximum Gasteiger partial charge on any atom is 0.213 e. The number of aliphatic hydroxyl groups is 1. The summed E-state index contributed by atoms with van der Waals surface area (Å²) in [5, 5.41) is 12.8. The van der Waals surface area contributed by atoms with Crippen LogP contribution < -0.4 is 10.1 Å². The molecule has 0 unspecified atom stereocenters. The van der Waals surface area contributed by atoms with Crippen LogP contribution >= 0.6 is 0 Å². The molecule has 1 aromatic carbocycles. The van der Waals surface area contributed by atoms with Crippen LogP contribution in [0, 0.1) is 0 Å². The molecule has 0 bridgehead atoms. The summed E-state index contributed by atoms with van der Waals surface area (Å²) in [5.74, 6) is 2.32. The molecule has 0 aliphatic rings. The molecule has 3 aromatic rings. The van der Waals surface area contributed by atoms with Crippen molar-refractivity contribution in [1.82, 2.24) is 10.3 Å². The van der Waals surface area contributed by atoms with Gasteiger partial charge in [-0.25, -0.2) is 4.98 Å². The average Bonchev–Trinajstić information content (AvgIpc) is 3.11. The van der Waals surface area contributed by atoms with Gasteiger partial charge in [0.2, 0.25) is 5.88 Å². The first-order valence-electron chi connectivity index (χ1n) is 8.34. The van der Waals surface area contributed by atoms with Crippen LogP contribution in [-0.2, 0) is 6.54 Å². The highest BCUT2D eigenvalue weighted by Crippen LogP contribution is 2.24. The third-order valence-corrected chi connectivity index (χ3v) is 3.81. The molecular weight excluding hydrogens is 316 g/mol. The Hall–Kier alpha value is -2.63. The number of hydrogen-bond acceptors (Lipinski definition) is 5. The first-order valence-corrected chi connectivity index (χ1v) is 8.34. The fourth-order valence-electron chi connectivity index (χ4n) is 2.43. The molecule has 0 aliphatic heterocycles. The molecule has 0 radical (unpaired) electrons. The molecule has 0 aliphatic carbocycles. The highest BCUT2D eigenvalue weighted by atomic mass is 16.5. The lowest BCUT2D eigenvalue weighted by Crippen LogP contribution is -2.20. The van der Waals surface area contributed by atoms with Crippen molar-refractivity contribution in [3.05, 3.63) is 72.1 Å². The summed E-state index contributed by atoms with van der Waals surface area (Å²) in [7, 11) is 0. The number of aromatic nitrogens is 1. The van der Waals surface area contributed by atoms with Gasteiger partial charge in [-0.1, -0.05) is 30.3 Å². The summed E-state index contributed by atoms with van der Waals surface area (Å²) in [6.07, 6.45) is 1.25. The second kappa shape index (κ2) is 8.46. The molecule has 0 saturated carbocycles. The minimum atomic E-state index is -0.460. The van der Waals surface area contributed by atoms with Crippen LogP contribution in [0.3, 0.4) is 0 Å². The number of pyridine rings is 1. The summed E-state index contributed by atoms with van der Waals surface area (Å²) in [4.78, 5) is 4.10. The van der Waals surface area contributed by atoms with Gasteiger partial charge in [0.25, 0.3) is 0 Å². The van der Waals surface area contributed by atoms with Crippen molar-refractivity contribution in [3.63, 3.8) is 0 Å². The predicted octanol–water partition coefficient (Wildman–Crippen LogP) is 3.56. The van der Waals surface area contributed by atoms with E-state index in [1.165, 1.54) is 0 Å². The Kier molecular flexibility index (Phi) is 5.82. The largest absolute Gasteiger partial charge is 0.476 e.